The molecule has 3 heterocycles. The van der Waals surface area contributed by atoms with Crippen LogP contribution in [0.1, 0.15) is 13.3 Å². The third kappa shape index (κ3) is 3.56. The van der Waals surface area contributed by atoms with Gasteiger partial charge in [0.1, 0.15) is 0 Å². The summed E-state index contributed by atoms with van der Waals surface area (Å²) >= 11 is 0. The van der Waals surface area contributed by atoms with E-state index in [1.807, 2.05) is 0 Å². The Morgan fingerprint density at radius 2 is 1.86 bits per heavy atom. The van der Waals surface area contributed by atoms with E-state index in [4.69, 9.17) is 4.74 Å². The molecule has 0 aromatic rings. The zero-order valence-electron chi connectivity index (χ0n) is 13.1. The van der Waals surface area contributed by atoms with E-state index in [9.17, 15) is 4.79 Å². The van der Waals surface area contributed by atoms with Crippen molar-refractivity contribution in [3.8, 4) is 0 Å². The van der Waals surface area contributed by atoms with Crippen LogP contribution in [0.4, 0.5) is 0 Å². The molecule has 0 spiro atoms. The Morgan fingerprint density at radius 1 is 1.14 bits per heavy atom. The predicted molar refractivity (Wildman–Crippen MR) is 81.3 cm³/mol. The summed E-state index contributed by atoms with van der Waals surface area (Å²) in [5.41, 5.74) is 0. The minimum atomic E-state index is 0.0236. The van der Waals surface area contributed by atoms with Gasteiger partial charge < -0.3 is 15.0 Å². The molecular weight excluding hydrogens is 268 g/mol. The van der Waals surface area contributed by atoms with Gasteiger partial charge in [0.25, 0.3) is 0 Å². The minimum absolute atomic E-state index is 0.0236. The molecule has 2 unspecified atom stereocenters. The van der Waals surface area contributed by atoms with Crippen molar-refractivity contribution in [3.63, 3.8) is 0 Å². The maximum Gasteiger partial charge on any atom is 0.239 e. The zero-order valence-corrected chi connectivity index (χ0v) is 13.1. The van der Waals surface area contributed by atoms with E-state index < -0.39 is 0 Å². The highest BCUT2D eigenvalue weighted by Crippen LogP contribution is 2.18. The number of likely N-dealkylation sites (tertiary alicyclic amines) is 1. The lowest BCUT2D eigenvalue weighted by molar-refractivity contribution is -0.135. The number of piperazine rings is 1. The molecule has 0 aromatic heterocycles. The van der Waals surface area contributed by atoms with E-state index in [-0.39, 0.29) is 6.04 Å². The molecule has 3 aliphatic rings. The van der Waals surface area contributed by atoms with Gasteiger partial charge >= 0.3 is 0 Å². The molecule has 1 N–H and O–H groups in total. The van der Waals surface area contributed by atoms with Gasteiger partial charge in [-0.15, -0.1) is 0 Å². The molecule has 3 aliphatic heterocycles. The Bertz CT molecular complexity index is 354. The molecule has 0 radical (unpaired) electrons. The van der Waals surface area contributed by atoms with Crippen molar-refractivity contribution in [2.45, 2.75) is 25.4 Å². The van der Waals surface area contributed by atoms with Gasteiger partial charge in [-0.25, -0.2) is 0 Å². The fourth-order valence-corrected chi connectivity index (χ4v) is 3.67. The lowest BCUT2D eigenvalue weighted by Crippen LogP contribution is -2.53. The molecule has 0 bridgehead atoms. The van der Waals surface area contributed by atoms with E-state index in [1.165, 1.54) is 0 Å². The van der Waals surface area contributed by atoms with Crippen LogP contribution in [-0.4, -0.2) is 98.3 Å². The molecule has 2 atom stereocenters. The van der Waals surface area contributed by atoms with E-state index in [1.54, 1.807) is 0 Å². The highest BCUT2D eigenvalue weighted by molar-refractivity contribution is 5.81. The number of morpholine rings is 1. The molecule has 6 nitrogen and oxygen atoms in total. The number of rotatable bonds is 3. The Balaban J connectivity index is 1.51. The lowest BCUT2D eigenvalue weighted by atomic mass is 10.2. The van der Waals surface area contributed by atoms with Crippen molar-refractivity contribution >= 4 is 5.91 Å². The third-order valence-corrected chi connectivity index (χ3v) is 5.09. The summed E-state index contributed by atoms with van der Waals surface area (Å²) in [6.45, 7) is 11.5. The van der Waals surface area contributed by atoms with E-state index in [0.29, 0.717) is 11.9 Å². The van der Waals surface area contributed by atoms with Crippen molar-refractivity contribution in [2.24, 2.45) is 0 Å². The van der Waals surface area contributed by atoms with E-state index in [2.05, 4.69) is 26.9 Å². The van der Waals surface area contributed by atoms with Gasteiger partial charge in [-0.3, -0.25) is 14.6 Å². The average molecular weight is 296 g/mol. The number of nitrogens with one attached hydrogen (secondary N) is 1. The van der Waals surface area contributed by atoms with Gasteiger partial charge in [0.05, 0.1) is 19.3 Å². The predicted octanol–water partition coefficient (Wildman–Crippen LogP) is -0.787. The van der Waals surface area contributed by atoms with Crippen LogP contribution in [0, 0.1) is 0 Å². The van der Waals surface area contributed by atoms with Gasteiger partial charge in [-0.1, -0.05) is 0 Å². The first kappa shape index (κ1) is 15.2. The number of ether oxygens (including phenoxy) is 1. The largest absolute Gasteiger partial charge is 0.379 e. The van der Waals surface area contributed by atoms with Crippen molar-refractivity contribution < 1.29 is 9.53 Å². The first-order valence-corrected chi connectivity index (χ1v) is 8.31. The monoisotopic (exact) mass is 296 g/mol. The molecule has 3 fully saturated rings. The molecule has 0 aromatic carbocycles. The maximum absolute atomic E-state index is 12.7. The number of hydrogen-bond acceptors (Lipinski definition) is 5. The van der Waals surface area contributed by atoms with Gasteiger partial charge in [0.2, 0.25) is 5.91 Å². The molecule has 1 amide bonds. The van der Waals surface area contributed by atoms with Crippen molar-refractivity contribution in [1.82, 2.24) is 20.0 Å². The van der Waals surface area contributed by atoms with Crippen LogP contribution in [-0.2, 0) is 9.53 Å². The Hall–Kier alpha value is -0.690. The fraction of sp³-hybridized carbons (Fsp3) is 0.933. The first-order valence-electron chi connectivity index (χ1n) is 8.31. The molecular formula is C15H28N4O2. The topological polar surface area (TPSA) is 48.1 Å². The lowest BCUT2D eigenvalue weighted by Gasteiger charge is -2.35. The normalized spacial score (nSPS) is 30.5. The molecule has 3 saturated heterocycles. The summed E-state index contributed by atoms with van der Waals surface area (Å²) in [6, 6.07) is 0.559. The standard InChI is InChI=1S/C15H28N4O2/c1-13(17-6-3-16-4-7-17)15(20)19-5-2-14(12-19)18-8-10-21-11-9-18/h13-14,16H,2-12H2,1H3. The van der Waals surface area contributed by atoms with Crippen molar-refractivity contribution in [1.29, 1.82) is 0 Å². The smallest absolute Gasteiger partial charge is 0.239 e. The minimum Gasteiger partial charge on any atom is -0.379 e. The van der Waals surface area contributed by atoms with Crippen molar-refractivity contribution in [2.75, 3.05) is 65.6 Å². The maximum atomic E-state index is 12.7. The highest BCUT2D eigenvalue weighted by Gasteiger charge is 2.34. The summed E-state index contributed by atoms with van der Waals surface area (Å²) < 4.78 is 5.42. The van der Waals surface area contributed by atoms with Crippen LogP contribution in [0.3, 0.4) is 0 Å². The fourth-order valence-electron chi connectivity index (χ4n) is 3.67. The molecule has 0 saturated carbocycles. The molecule has 3 rings (SSSR count). The van der Waals surface area contributed by atoms with Crippen LogP contribution in [0.5, 0.6) is 0 Å². The Labute approximate surface area is 127 Å². The highest BCUT2D eigenvalue weighted by atomic mass is 16.5. The number of carbonyl (C=O) groups is 1. The second kappa shape index (κ2) is 7.05. The Kier molecular flexibility index (Phi) is 5.11. The molecule has 6 heteroatoms. The number of amides is 1. The summed E-state index contributed by atoms with van der Waals surface area (Å²) in [6.07, 6.45) is 1.11. The Morgan fingerprint density at radius 3 is 2.57 bits per heavy atom. The third-order valence-electron chi connectivity index (χ3n) is 5.09. The van der Waals surface area contributed by atoms with Crippen LogP contribution in [0.2, 0.25) is 0 Å². The first-order chi connectivity index (χ1) is 10.3. The van der Waals surface area contributed by atoms with Gasteiger partial charge in [-0.2, -0.15) is 0 Å². The number of carbonyl (C=O) groups excluding carboxylic acids is 1. The quantitative estimate of drug-likeness (QED) is 0.740. The second-order valence-electron chi connectivity index (χ2n) is 6.34. The van der Waals surface area contributed by atoms with Gasteiger partial charge in [0.15, 0.2) is 0 Å². The molecule has 21 heavy (non-hydrogen) atoms. The van der Waals surface area contributed by atoms with E-state index in [0.717, 1.165) is 72.0 Å². The van der Waals surface area contributed by atoms with E-state index >= 15 is 0 Å². The average Bonchev–Trinajstić information content (AvgIpc) is 3.05. The molecule has 0 aliphatic carbocycles. The number of hydrogen-bond donors (Lipinski definition) is 1. The van der Waals surface area contributed by atoms with Crippen LogP contribution in [0.15, 0.2) is 0 Å². The summed E-state index contributed by atoms with van der Waals surface area (Å²) in [5, 5.41) is 3.34. The second-order valence-corrected chi connectivity index (χ2v) is 6.34. The van der Waals surface area contributed by atoms with Crippen molar-refractivity contribution in [3.05, 3.63) is 0 Å². The van der Waals surface area contributed by atoms with Crippen LogP contribution >= 0.6 is 0 Å². The summed E-state index contributed by atoms with van der Waals surface area (Å²) in [7, 11) is 0. The SMILES string of the molecule is CC(C(=O)N1CCC(N2CCOCC2)C1)N1CCNCC1. The van der Waals surface area contributed by atoms with Crippen LogP contribution < -0.4 is 5.32 Å². The van der Waals surface area contributed by atoms with Gasteiger partial charge in [-0.05, 0) is 13.3 Å². The zero-order chi connectivity index (χ0) is 14.7. The number of nitrogens with zero attached hydrogens (tertiary/aromatic N) is 3. The van der Waals surface area contributed by atoms with Crippen LogP contribution in [0.25, 0.3) is 0 Å². The summed E-state index contributed by atoms with van der Waals surface area (Å²) in [5.74, 6) is 0.313. The molecule has 120 valence electrons. The van der Waals surface area contributed by atoms with Gasteiger partial charge in [0, 0.05) is 58.4 Å². The summed E-state index contributed by atoms with van der Waals surface area (Å²) in [4.78, 5) is 19.6.